The first-order chi connectivity index (χ1) is 7.96. The topological polar surface area (TPSA) is 132 Å². The first-order valence-electron chi connectivity index (χ1n) is 4.67. The number of hydrogen-bond acceptors (Lipinski definition) is 8. The van der Waals surface area contributed by atoms with Crippen LogP contribution in [0.2, 0.25) is 0 Å². The van der Waals surface area contributed by atoms with Gasteiger partial charge in [-0.3, -0.25) is 0 Å². The third-order valence-electron chi connectivity index (χ3n) is 1.78. The Morgan fingerprint density at radius 1 is 1.35 bits per heavy atom. The molecule has 0 aromatic carbocycles. The lowest BCUT2D eigenvalue weighted by molar-refractivity contribution is 0.380. The maximum atomic E-state index is 11.1. The molecule has 1 rings (SSSR count). The van der Waals surface area contributed by atoms with E-state index in [4.69, 9.17) is 10.5 Å². The molecule has 4 N–H and O–H groups in total. The number of anilines is 2. The van der Waals surface area contributed by atoms with Gasteiger partial charge in [-0.2, -0.15) is 15.0 Å². The Kier molecular flexibility index (Phi) is 4.40. The zero-order chi connectivity index (χ0) is 12.9. The number of hydrogen-bond donors (Lipinski definition) is 3. The fourth-order valence-corrected chi connectivity index (χ4v) is 1.52. The number of aromatic nitrogens is 3. The monoisotopic (exact) mass is 262 g/mol. The average molecular weight is 262 g/mol. The summed E-state index contributed by atoms with van der Waals surface area (Å²) in [6.45, 7) is 0.149. The van der Waals surface area contributed by atoms with Crippen LogP contribution in [0.3, 0.4) is 0 Å². The predicted molar refractivity (Wildman–Crippen MR) is 62.1 cm³/mol. The van der Waals surface area contributed by atoms with Gasteiger partial charge in [0, 0.05) is 6.54 Å². The molecular weight excluding hydrogens is 248 g/mol. The molecule has 0 atom stereocenters. The molecule has 0 spiro atoms. The molecule has 1 aromatic rings. The predicted octanol–water partition coefficient (Wildman–Crippen LogP) is -1.58. The van der Waals surface area contributed by atoms with Crippen molar-refractivity contribution in [2.24, 2.45) is 0 Å². The van der Waals surface area contributed by atoms with Crippen LogP contribution in [0.4, 0.5) is 11.9 Å². The van der Waals surface area contributed by atoms with Crippen LogP contribution >= 0.6 is 0 Å². The Balaban J connectivity index is 2.61. The van der Waals surface area contributed by atoms with E-state index in [1.54, 1.807) is 0 Å². The van der Waals surface area contributed by atoms with Crippen LogP contribution in [0, 0.1) is 0 Å². The Hall–Kier alpha value is -1.68. The molecule has 0 bridgehead atoms. The van der Waals surface area contributed by atoms with E-state index in [1.807, 2.05) is 0 Å². The molecule has 0 aliphatic rings. The summed E-state index contributed by atoms with van der Waals surface area (Å²) in [6.07, 6.45) is 0. The number of methoxy groups -OCH3 is 1. The van der Waals surface area contributed by atoms with Crippen molar-refractivity contribution in [3.63, 3.8) is 0 Å². The van der Waals surface area contributed by atoms with Crippen molar-refractivity contribution in [3.8, 4) is 6.01 Å². The van der Waals surface area contributed by atoms with Crippen LogP contribution in [0.15, 0.2) is 0 Å². The molecule has 96 valence electrons. The number of nitrogens with two attached hydrogens (primary N) is 1. The van der Waals surface area contributed by atoms with Gasteiger partial charge in [-0.15, -0.1) is 0 Å². The molecule has 0 fully saturated rings. The van der Waals surface area contributed by atoms with Crippen LogP contribution in [0.1, 0.15) is 0 Å². The summed E-state index contributed by atoms with van der Waals surface area (Å²) in [5.41, 5.74) is 5.41. The summed E-state index contributed by atoms with van der Waals surface area (Å²) in [5.74, 6) is 0.0636. The van der Waals surface area contributed by atoms with Crippen LogP contribution in [-0.2, 0) is 10.0 Å². The summed E-state index contributed by atoms with van der Waals surface area (Å²) < 4.78 is 29.2. The summed E-state index contributed by atoms with van der Waals surface area (Å²) in [5, 5.41) is 2.71. The smallest absolute Gasteiger partial charge is 0.322 e. The van der Waals surface area contributed by atoms with Crippen molar-refractivity contribution < 1.29 is 13.2 Å². The number of ether oxygens (including phenoxy) is 1. The van der Waals surface area contributed by atoms with Crippen molar-refractivity contribution >= 4 is 21.9 Å². The minimum absolute atomic E-state index is 0.00387. The Morgan fingerprint density at radius 2 is 2.06 bits per heavy atom. The normalized spacial score (nSPS) is 11.2. The zero-order valence-electron chi connectivity index (χ0n) is 9.47. The summed E-state index contributed by atoms with van der Waals surface area (Å²) in [6, 6.07) is 0.0662. The number of sulfonamides is 1. The summed E-state index contributed by atoms with van der Waals surface area (Å²) >= 11 is 0. The molecule has 0 saturated heterocycles. The van der Waals surface area contributed by atoms with E-state index in [0.717, 1.165) is 0 Å². The molecule has 9 nitrogen and oxygen atoms in total. The van der Waals surface area contributed by atoms with Crippen LogP contribution in [0.5, 0.6) is 6.01 Å². The van der Waals surface area contributed by atoms with E-state index in [1.165, 1.54) is 14.2 Å². The highest BCUT2D eigenvalue weighted by atomic mass is 32.2. The minimum atomic E-state index is -3.26. The van der Waals surface area contributed by atoms with Gasteiger partial charge < -0.3 is 15.8 Å². The van der Waals surface area contributed by atoms with Crippen LogP contribution in [-0.4, -0.2) is 49.8 Å². The third-order valence-corrected chi connectivity index (χ3v) is 3.14. The molecular formula is C7H14N6O3S. The first-order valence-corrected chi connectivity index (χ1v) is 6.32. The van der Waals surface area contributed by atoms with Gasteiger partial charge in [0.25, 0.3) is 0 Å². The van der Waals surface area contributed by atoms with Crippen LogP contribution in [0.25, 0.3) is 0 Å². The SMILES string of the molecule is CNS(=O)(=O)CCNc1nc(N)nc(OC)n1. The lowest BCUT2D eigenvalue weighted by Gasteiger charge is -2.06. The highest BCUT2D eigenvalue weighted by molar-refractivity contribution is 7.89. The second-order valence-corrected chi connectivity index (χ2v) is 5.00. The van der Waals surface area contributed by atoms with Crippen molar-refractivity contribution in [1.82, 2.24) is 19.7 Å². The number of nitrogens with zero attached hydrogens (tertiary/aromatic N) is 3. The van der Waals surface area contributed by atoms with Crippen molar-refractivity contribution in [1.29, 1.82) is 0 Å². The second-order valence-electron chi connectivity index (χ2n) is 2.95. The van der Waals surface area contributed by atoms with Crippen molar-refractivity contribution in [3.05, 3.63) is 0 Å². The molecule has 1 aromatic heterocycles. The van der Waals surface area contributed by atoms with Gasteiger partial charge in [-0.05, 0) is 7.05 Å². The fourth-order valence-electron chi connectivity index (χ4n) is 0.942. The molecule has 0 aliphatic heterocycles. The Labute approximate surface area is 98.9 Å². The van der Waals surface area contributed by atoms with Crippen LogP contribution < -0.4 is 20.5 Å². The molecule has 0 radical (unpaired) electrons. The molecule has 10 heteroatoms. The summed E-state index contributed by atoms with van der Waals surface area (Å²) in [4.78, 5) is 11.3. The standard InChI is InChI=1S/C7H14N6O3S/c1-9-17(14,15)4-3-10-6-11-5(8)12-7(13-6)16-2/h9H,3-4H2,1-2H3,(H3,8,10,11,12,13). The highest BCUT2D eigenvalue weighted by Crippen LogP contribution is 2.07. The van der Waals surface area contributed by atoms with Gasteiger partial charge in [0.1, 0.15) is 0 Å². The highest BCUT2D eigenvalue weighted by Gasteiger charge is 2.08. The van der Waals surface area contributed by atoms with Gasteiger partial charge in [0.05, 0.1) is 12.9 Å². The average Bonchev–Trinajstić information content (AvgIpc) is 2.28. The zero-order valence-corrected chi connectivity index (χ0v) is 10.3. The largest absolute Gasteiger partial charge is 0.467 e. The van der Waals surface area contributed by atoms with Gasteiger partial charge >= 0.3 is 6.01 Å². The molecule has 17 heavy (non-hydrogen) atoms. The third kappa shape index (κ3) is 4.36. The molecule has 0 amide bonds. The number of nitrogens with one attached hydrogen (secondary N) is 2. The fraction of sp³-hybridized carbons (Fsp3) is 0.571. The second kappa shape index (κ2) is 5.59. The number of nitrogen functional groups attached to an aromatic ring is 1. The van der Waals surface area contributed by atoms with Gasteiger partial charge in [-0.25, -0.2) is 13.1 Å². The maximum Gasteiger partial charge on any atom is 0.322 e. The first kappa shape index (κ1) is 13.4. The molecule has 0 unspecified atom stereocenters. The lowest BCUT2D eigenvalue weighted by Crippen LogP contribution is -2.26. The van der Waals surface area contributed by atoms with E-state index in [2.05, 4.69) is 25.0 Å². The van der Waals surface area contributed by atoms with E-state index >= 15 is 0 Å². The molecule has 0 saturated carbocycles. The van der Waals surface area contributed by atoms with Crippen molar-refractivity contribution in [2.45, 2.75) is 0 Å². The lowest BCUT2D eigenvalue weighted by atomic mass is 10.7. The quantitative estimate of drug-likeness (QED) is 0.559. The van der Waals surface area contributed by atoms with Gasteiger partial charge in [0.15, 0.2) is 0 Å². The van der Waals surface area contributed by atoms with E-state index in [-0.39, 0.29) is 30.2 Å². The van der Waals surface area contributed by atoms with E-state index in [0.29, 0.717) is 0 Å². The van der Waals surface area contributed by atoms with Gasteiger partial charge in [0.2, 0.25) is 21.9 Å². The number of rotatable bonds is 6. The molecule has 1 heterocycles. The Morgan fingerprint density at radius 3 is 2.65 bits per heavy atom. The maximum absolute atomic E-state index is 11.1. The minimum Gasteiger partial charge on any atom is -0.467 e. The summed E-state index contributed by atoms with van der Waals surface area (Å²) in [7, 11) is -0.522. The van der Waals surface area contributed by atoms with Gasteiger partial charge in [-0.1, -0.05) is 0 Å². The van der Waals surface area contributed by atoms with E-state index < -0.39 is 10.0 Å². The van der Waals surface area contributed by atoms with Crippen molar-refractivity contribution in [2.75, 3.05) is 37.5 Å². The molecule has 0 aliphatic carbocycles. The Bertz CT molecular complexity index is 476. The van der Waals surface area contributed by atoms with E-state index in [9.17, 15) is 8.42 Å².